The van der Waals surface area contributed by atoms with Gasteiger partial charge in [0.1, 0.15) is 0 Å². The third-order valence-corrected chi connectivity index (χ3v) is 17.0. The summed E-state index contributed by atoms with van der Waals surface area (Å²) >= 11 is 0. The molecular formula is C80H146Cd. The maximum atomic E-state index is 4.00. The average molecular weight is 1220 g/mol. The van der Waals surface area contributed by atoms with Gasteiger partial charge in [0.05, 0.1) is 0 Å². The summed E-state index contributed by atoms with van der Waals surface area (Å²) in [6.45, 7) is 65.4. The van der Waals surface area contributed by atoms with Crippen molar-refractivity contribution in [1.82, 2.24) is 0 Å². The predicted molar refractivity (Wildman–Crippen MR) is 379 cm³/mol. The largest absolute Gasteiger partial charge is 2.00 e. The van der Waals surface area contributed by atoms with Gasteiger partial charge in [0.2, 0.25) is 0 Å². The molecule has 2 aromatic rings. The van der Waals surface area contributed by atoms with Crippen LogP contribution in [-0.2, 0) is 33.7 Å². The zero-order chi connectivity index (χ0) is 61.4. The van der Waals surface area contributed by atoms with E-state index in [-0.39, 0.29) is 34.7 Å². The van der Waals surface area contributed by atoms with Crippen LogP contribution in [0, 0.1) is 61.2 Å². The van der Waals surface area contributed by atoms with Crippen molar-refractivity contribution < 1.29 is 27.3 Å². The zero-order valence-corrected chi connectivity index (χ0v) is 62.8. The van der Waals surface area contributed by atoms with Gasteiger partial charge < -0.3 is 13.8 Å². The van der Waals surface area contributed by atoms with Crippen LogP contribution in [0.1, 0.15) is 314 Å². The first-order valence-corrected chi connectivity index (χ1v) is 33.7. The number of rotatable bonds is 5. The van der Waals surface area contributed by atoms with Gasteiger partial charge in [-0.2, -0.15) is 12.8 Å². The second-order valence-electron chi connectivity index (χ2n) is 23.1. The minimum Gasteiger partial charge on any atom is -0.358 e. The van der Waals surface area contributed by atoms with Crippen molar-refractivity contribution in [2.75, 3.05) is 0 Å². The maximum absolute atomic E-state index is 4.00. The van der Waals surface area contributed by atoms with Crippen LogP contribution in [0.2, 0.25) is 0 Å². The third-order valence-electron chi connectivity index (χ3n) is 17.0. The minimum atomic E-state index is 0. The zero-order valence-electron chi connectivity index (χ0n) is 58.8. The number of benzene rings is 2. The fourth-order valence-electron chi connectivity index (χ4n) is 11.5. The van der Waals surface area contributed by atoms with Gasteiger partial charge in [-0.1, -0.05) is 292 Å². The summed E-state index contributed by atoms with van der Waals surface area (Å²) in [7, 11) is 0. The standard InChI is InChI=1S/C25H32.C10H18.2C8H16.C7H14.C7H13.3C2H6.4C2H4.CH3.Cd/c1-5-20-9-7-8-10-24(20)19(4)25-17-23(16-15-21(25)6-2)22-13-11-18(3)12-14-22;1-8(2)10-6-4-9(3)5-7-10;1-7-3-5-8(2)6-4-7;1-2-8-6-4-3-5-7-8;2*1-7-5-3-2-4-6-7;7*1-2;;/h5,7-10,15-18,22H,6,11-14H2,1-4H3;9-10H,1,4-7H2,2-3H3;7-8H,3-6H2,1-2H3;8H,2-7H2,1H3;7H,2-6H2,1H3;2,7H,3-6H2,1H3;3*1-2H3;4*1-2H2;1H3;/q;;;;;-1;;;;;;;;-1;+2/b20-5-,24-19+;;;;;;;;;;;;;;. The maximum Gasteiger partial charge on any atom is 2.00 e. The SMILES string of the molecule is C/C=c1/cccc/c1=C(/C)c1cc(C2CCC(C)CC2)ccc1CC.C=C.C=C.C=C.C=C.C=C(C)C1CCC(C)CC1.CC.CC.CC.CC1CCC(C)CC1.CC1CCCCC1.CC1CC[CH-]CC1.CCC1CCCCC1.[CH3-].[Cd+2]. The third kappa shape index (κ3) is 46.7. The Morgan fingerprint density at radius 2 is 0.864 bits per heavy atom. The van der Waals surface area contributed by atoms with Crippen LogP contribution in [0.3, 0.4) is 0 Å². The van der Waals surface area contributed by atoms with E-state index in [1.54, 1.807) is 5.56 Å². The molecule has 0 heterocycles. The van der Waals surface area contributed by atoms with Crippen molar-refractivity contribution >= 4 is 11.6 Å². The number of hydrogen-bond donors (Lipinski definition) is 0. The Morgan fingerprint density at radius 1 is 0.494 bits per heavy atom. The molecule has 0 bridgehead atoms. The van der Waals surface area contributed by atoms with E-state index in [1.807, 2.05) is 41.5 Å². The van der Waals surface area contributed by atoms with Crippen molar-refractivity contribution in [2.24, 2.45) is 47.3 Å². The van der Waals surface area contributed by atoms with E-state index in [0.717, 1.165) is 59.7 Å². The van der Waals surface area contributed by atoms with Gasteiger partial charge in [0.15, 0.2) is 0 Å². The molecule has 0 aliphatic heterocycles. The first-order chi connectivity index (χ1) is 38.3. The van der Waals surface area contributed by atoms with E-state index >= 15 is 0 Å². The second kappa shape index (κ2) is 66.9. The van der Waals surface area contributed by atoms with Gasteiger partial charge in [-0.05, 0) is 139 Å². The molecule has 0 atom stereocenters. The van der Waals surface area contributed by atoms with Gasteiger partial charge in [0.25, 0.3) is 0 Å². The van der Waals surface area contributed by atoms with E-state index in [0.29, 0.717) is 0 Å². The molecule has 0 aromatic heterocycles. The molecule has 6 aliphatic rings. The van der Waals surface area contributed by atoms with Crippen LogP contribution in [0.15, 0.2) is 107 Å². The molecule has 0 spiro atoms. The van der Waals surface area contributed by atoms with Gasteiger partial charge >= 0.3 is 27.3 Å². The molecule has 1 heteroatoms. The monoisotopic (exact) mass is 1220 g/mol. The summed E-state index contributed by atoms with van der Waals surface area (Å²) in [4.78, 5) is 0. The van der Waals surface area contributed by atoms with Gasteiger partial charge in [-0.3, -0.25) is 0 Å². The summed E-state index contributed by atoms with van der Waals surface area (Å²) in [5, 5.41) is 2.70. The Labute approximate surface area is 534 Å². The van der Waals surface area contributed by atoms with Gasteiger partial charge in [-0.25, -0.2) is 0 Å². The van der Waals surface area contributed by atoms with E-state index in [4.69, 9.17) is 0 Å². The number of aryl methyl sites for hydroxylation is 1. The van der Waals surface area contributed by atoms with Crippen molar-refractivity contribution in [3.05, 3.63) is 148 Å². The molecule has 0 amide bonds. The molecule has 6 aliphatic carbocycles. The van der Waals surface area contributed by atoms with E-state index < -0.39 is 0 Å². The quantitative estimate of drug-likeness (QED) is 0.159. The van der Waals surface area contributed by atoms with Crippen LogP contribution in [0.25, 0.3) is 11.6 Å². The average Bonchev–Trinajstić information content (AvgIpc) is 3.52. The summed E-state index contributed by atoms with van der Waals surface area (Å²) in [5.41, 5.74) is 7.28. The second-order valence-corrected chi connectivity index (χ2v) is 23.1. The molecular weight excluding hydrogens is 1070 g/mol. The molecule has 8 rings (SSSR count). The Morgan fingerprint density at radius 3 is 1.20 bits per heavy atom. The van der Waals surface area contributed by atoms with E-state index in [9.17, 15) is 0 Å². The molecule has 0 radical (unpaired) electrons. The summed E-state index contributed by atoms with van der Waals surface area (Å²) in [5.74, 6) is 8.64. The molecule has 6 saturated carbocycles. The fourth-order valence-corrected chi connectivity index (χ4v) is 11.5. The van der Waals surface area contributed by atoms with Crippen molar-refractivity contribution in [2.45, 2.75) is 303 Å². The minimum absolute atomic E-state index is 0. The Bertz CT molecular complexity index is 1660. The van der Waals surface area contributed by atoms with Crippen LogP contribution in [0.4, 0.5) is 0 Å². The first-order valence-electron chi connectivity index (χ1n) is 33.7. The molecule has 2 aromatic carbocycles. The van der Waals surface area contributed by atoms with E-state index in [1.165, 1.54) is 206 Å². The molecule has 0 nitrogen and oxygen atoms in total. The van der Waals surface area contributed by atoms with E-state index in [2.05, 4.69) is 190 Å². The fraction of sp³-hybridized carbons (Fsp3) is 0.675. The number of allylic oxidation sites excluding steroid dienone is 1. The molecule has 6 fully saturated rings. The number of hydrogen-bond acceptors (Lipinski definition) is 0. The summed E-state index contributed by atoms with van der Waals surface area (Å²) in [6, 6.07) is 16.0. The smallest absolute Gasteiger partial charge is 0.358 e. The Hall–Kier alpha value is -2.20. The molecule has 0 unspecified atom stereocenters. The van der Waals surface area contributed by atoms with Crippen LogP contribution >= 0.6 is 0 Å². The molecule has 0 saturated heterocycles. The molecule has 0 N–H and O–H groups in total. The Kier molecular flexibility index (Phi) is 76.5. The van der Waals surface area contributed by atoms with Gasteiger partial charge in [0, 0.05) is 0 Å². The first kappa shape index (κ1) is 92.5. The van der Waals surface area contributed by atoms with Crippen molar-refractivity contribution in [1.29, 1.82) is 0 Å². The van der Waals surface area contributed by atoms with Crippen LogP contribution in [0.5, 0.6) is 0 Å². The Balaban J connectivity index is -0.000000166. The predicted octanol–water partition coefficient (Wildman–Crippen LogP) is 26.5. The summed E-state index contributed by atoms with van der Waals surface area (Å²) in [6.07, 6.45) is 44.6. The van der Waals surface area contributed by atoms with Crippen molar-refractivity contribution in [3.63, 3.8) is 0 Å². The van der Waals surface area contributed by atoms with Crippen molar-refractivity contribution in [3.8, 4) is 0 Å². The summed E-state index contributed by atoms with van der Waals surface area (Å²) < 4.78 is 0. The molecule has 468 valence electrons. The normalized spacial score (nSPS) is 22.3. The molecule has 81 heavy (non-hydrogen) atoms. The van der Waals surface area contributed by atoms with Crippen LogP contribution < -0.4 is 10.4 Å². The van der Waals surface area contributed by atoms with Crippen LogP contribution in [-0.4, -0.2) is 0 Å². The topological polar surface area (TPSA) is 0 Å². The van der Waals surface area contributed by atoms with Gasteiger partial charge in [-0.15, -0.1) is 52.6 Å².